The quantitative estimate of drug-likeness (QED) is 0.816. The smallest absolute Gasteiger partial charge is 0.177 e. The number of hydrogen-bond donors (Lipinski definition) is 0. The van der Waals surface area contributed by atoms with E-state index in [2.05, 4.69) is 9.55 Å². The Kier molecular flexibility index (Phi) is 3.50. The van der Waals surface area contributed by atoms with Crippen molar-refractivity contribution in [2.24, 2.45) is 5.92 Å². The summed E-state index contributed by atoms with van der Waals surface area (Å²) in [6.45, 7) is 0.881. The first kappa shape index (κ1) is 13.9. The Morgan fingerprint density at radius 3 is 2.70 bits per heavy atom. The van der Waals surface area contributed by atoms with Gasteiger partial charge in [-0.2, -0.15) is 0 Å². The molecule has 6 heteroatoms. The molecule has 1 saturated carbocycles. The van der Waals surface area contributed by atoms with Crippen LogP contribution in [0, 0.1) is 5.92 Å². The average molecular weight is 313 g/mol. The van der Waals surface area contributed by atoms with Gasteiger partial charge < -0.3 is 4.57 Å². The van der Waals surface area contributed by atoms with Crippen LogP contribution < -0.4 is 0 Å². The Labute approximate surface area is 123 Å². The van der Waals surface area contributed by atoms with Gasteiger partial charge in [0.15, 0.2) is 9.84 Å². The molecule has 1 aromatic heterocycles. The zero-order chi connectivity index (χ0) is 14.3. The van der Waals surface area contributed by atoms with Gasteiger partial charge in [-0.25, -0.2) is 13.4 Å². The molecule has 0 saturated heterocycles. The second kappa shape index (κ2) is 5.04. The van der Waals surface area contributed by atoms with Crippen LogP contribution in [0.15, 0.2) is 23.1 Å². The van der Waals surface area contributed by atoms with Crippen LogP contribution in [0.25, 0.3) is 11.0 Å². The van der Waals surface area contributed by atoms with Crippen LogP contribution in [0.4, 0.5) is 0 Å². The van der Waals surface area contributed by atoms with Crippen molar-refractivity contribution >= 4 is 32.5 Å². The number of nitrogens with zero attached hydrogens (tertiary/aromatic N) is 2. The summed E-state index contributed by atoms with van der Waals surface area (Å²) in [6, 6.07) is 5.30. The standard InChI is InChI=1S/C14H17ClN2O2S/c1-20(18,19)12-7-3-6-11-14(12)16-13(8-15)17(11)9-10-4-2-5-10/h3,6-7,10H,2,4-5,8-9H2,1H3. The molecule has 1 aromatic carbocycles. The fourth-order valence-corrected chi connectivity index (χ4v) is 3.74. The van der Waals surface area contributed by atoms with Gasteiger partial charge in [-0.1, -0.05) is 12.5 Å². The highest BCUT2D eigenvalue weighted by Crippen LogP contribution is 2.31. The summed E-state index contributed by atoms with van der Waals surface area (Å²) in [7, 11) is -3.28. The molecule has 0 spiro atoms. The number of halogens is 1. The third-order valence-electron chi connectivity index (χ3n) is 4.01. The van der Waals surface area contributed by atoms with Crippen LogP contribution in [-0.2, 0) is 22.3 Å². The molecule has 0 amide bonds. The molecule has 0 aliphatic heterocycles. The lowest BCUT2D eigenvalue weighted by atomic mass is 9.85. The Morgan fingerprint density at radius 2 is 2.15 bits per heavy atom. The first-order valence-electron chi connectivity index (χ1n) is 6.75. The lowest BCUT2D eigenvalue weighted by Crippen LogP contribution is -2.19. The van der Waals surface area contributed by atoms with E-state index in [0.29, 0.717) is 17.3 Å². The summed E-state index contributed by atoms with van der Waals surface area (Å²) < 4.78 is 25.8. The van der Waals surface area contributed by atoms with Gasteiger partial charge in [-0.05, 0) is 30.9 Å². The Balaban J connectivity index is 2.18. The maximum absolute atomic E-state index is 11.9. The Morgan fingerprint density at radius 1 is 1.40 bits per heavy atom. The van der Waals surface area contributed by atoms with Crippen molar-refractivity contribution in [2.75, 3.05) is 6.26 Å². The van der Waals surface area contributed by atoms with Crippen molar-refractivity contribution in [1.82, 2.24) is 9.55 Å². The van der Waals surface area contributed by atoms with E-state index in [1.807, 2.05) is 6.07 Å². The van der Waals surface area contributed by atoms with E-state index < -0.39 is 9.84 Å². The van der Waals surface area contributed by atoms with Gasteiger partial charge in [-0.15, -0.1) is 11.6 Å². The summed E-state index contributed by atoms with van der Waals surface area (Å²) in [5.41, 5.74) is 1.42. The van der Waals surface area contributed by atoms with Gasteiger partial charge in [0.25, 0.3) is 0 Å². The zero-order valence-electron chi connectivity index (χ0n) is 11.3. The molecule has 1 aliphatic carbocycles. The highest BCUT2D eigenvalue weighted by Gasteiger charge is 2.23. The third kappa shape index (κ3) is 2.33. The molecule has 0 bridgehead atoms. The predicted octanol–water partition coefficient (Wildman–Crippen LogP) is 2.98. The number of fused-ring (bicyclic) bond motifs is 1. The fraction of sp³-hybridized carbons (Fsp3) is 0.500. The highest BCUT2D eigenvalue weighted by molar-refractivity contribution is 7.91. The summed E-state index contributed by atoms with van der Waals surface area (Å²) in [4.78, 5) is 4.75. The summed E-state index contributed by atoms with van der Waals surface area (Å²) >= 11 is 5.98. The maximum atomic E-state index is 11.9. The number of sulfone groups is 1. The Hall–Kier alpha value is -1.07. The molecule has 0 unspecified atom stereocenters. The van der Waals surface area contributed by atoms with E-state index in [-0.39, 0.29) is 4.90 Å². The molecule has 20 heavy (non-hydrogen) atoms. The molecule has 108 valence electrons. The van der Waals surface area contributed by atoms with Gasteiger partial charge in [0.05, 0.1) is 16.3 Å². The van der Waals surface area contributed by atoms with Crippen molar-refractivity contribution in [3.63, 3.8) is 0 Å². The molecular formula is C14H17ClN2O2S. The van der Waals surface area contributed by atoms with Crippen LogP contribution in [0.5, 0.6) is 0 Å². The first-order valence-corrected chi connectivity index (χ1v) is 9.17. The van der Waals surface area contributed by atoms with Crippen molar-refractivity contribution in [3.05, 3.63) is 24.0 Å². The lowest BCUT2D eigenvalue weighted by molar-refractivity contribution is 0.277. The SMILES string of the molecule is CS(=O)(=O)c1cccc2c1nc(CCl)n2CC1CCC1. The molecule has 0 radical (unpaired) electrons. The number of alkyl halides is 1. The van der Waals surface area contributed by atoms with E-state index in [4.69, 9.17) is 11.6 Å². The van der Waals surface area contributed by atoms with Crippen molar-refractivity contribution in [1.29, 1.82) is 0 Å². The van der Waals surface area contributed by atoms with E-state index in [9.17, 15) is 8.42 Å². The maximum Gasteiger partial charge on any atom is 0.177 e. The molecule has 1 fully saturated rings. The van der Waals surface area contributed by atoms with E-state index in [1.54, 1.807) is 12.1 Å². The summed E-state index contributed by atoms with van der Waals surface area (Å²) in [5.74, 6) is 1.71. The highest BCUT2D eigenvalue weighted by atomic mass is 35.5. The second-order valence-corrected chi connectivity index (χ2v) is 7.72. The second-order valence-electron chi connectivity index (χ2n) is 5.47. The topological polar surface area (TPSA) is 52.0 Å². The minimum absolute atomic E-state index is 0.286. The van der Waals surface area contributed by atoms with Gasteiger partial charge in [0, 0.05) is 12.8 Å². The van der Waals surface area contributed by atoms with Gasteiger partial charge >= 0.3 is 0 Å². The van der Waals surface area contributed by atoms with Crippen LogP contribution in [-0.4, -0.2) is 24.2 Å². The predicted molar refractivity (Wildman–Crippen MR) is 79.7 cm³/mol. The molecule has 0 N–H and O–H groups in total. The zero-order valence-corrected chi connectivity index (χ0v) is 12.9. The minimum atomic E-state index is -3.28. The van der Waals surface area contributed by atoms with Crippen LogP contribution >= 0.6 is 11.6 Å². The number of para-hydroxylation sites is 1. The summed E-state index contributed by atoms with van der Waals surface area (Å²) in [6.07, 6.45) is 4.95. The molecule has 2 aromatic rings. The lowest BCUT2D eigenvalue weighted by Gasteiger charge is -2.26. The number of aromatic nitrogens is 2. The number of rotatable bonds is 4. The molecule has 3 rings (SSSR count). The average Bonchev–Trinajstić information content (AvgIpc) is 2.70. The largest absolute Gasteiger partial charge is 0.327 e. The molecule has 0 atom stereocenters. The van der Waals surface area contributed by atoms with Gasteiger partial charge in [-0.3, -0.25) is 0 Å². The normalized spacial score (nSPS) is 16.5. The molecular weight excluding hydrogens is 296 g/mol. The molecule has 1 aliphatic rings. The number of benzene rings is 1. The summed E-state index contributed by atoms with van der Waals surface area (Å²) in [5, 5.41) is 0. The van der Waals surface area contributed by atoms with E-state index in [1.165, 1.54) is 25.5 Å². The fourth-order valence-electron chi connectivity index (χ4n) is 2.71. The van der Waals surface area contributed by atoms with Gasteiger partial charge in [0.2, 0.25) is 0 Å². The van der Waals surface area contributed by atoms with Crippen molar-refractivity contribution in [2.45, 2.75) is 36.6 Å². The molecule has 1 heterocycles. The van der Waals surface area contributed by atoms with Crippen molar-refractivity contribution in [3.8, 4) is 0 Å². The first-order chi connectivity index (χ1) is 9.50. The minimum Gasteiger partial charge on any atom is -0.327 e. The van der Waals surface area contributed by atoms with Gasteiger partial charge in [0.1, 0.15) is 11.3 Å². The number of hydrogen-bond acceptors (Lipinski definition) is 3. The Bertz CT molecular complexity index is 748. The van der Waals surface area contributed by atoms with Crippen molar-refractivity contribution < 1.29 is 8.42 Å². The van der Waals surface area contributed by atoms with E-state index >= 15 is 0 Å². The number of imidazole rings is 1. The van der Waals surface area contributed by atoms with Crippen LogP contribution in [0.2, 0.25) is 0 Å². The van der Waals surface area contributed by atoms with E-state index in [0.717, 1.165) is 17.9 Å². The van der Waals surface area contributed by atoms with Crippen LogP contribution in [0.1, 0.15) is 25.1 Å². The molecule has 4 nitrogen and oxygen atoms in total. The monoisotopic (exact) mass is 312 g/mol. The van der Waals surface area contributed by atoms with Crippen LogP contribution in [0.3, 0.4) is 0 Å². The third-order valence-corrected chi connectivity index (χ3v) is 5.37.